The van der Waals surface area contributed by atoms with E-state index in [1.807, 2.05) is 0 Å². The Balaban J connectivity index is 1.99. The van der Waals surface area contributed by atoms with E-state index in [1.165, 1.54) is 51.7 Å². The minimum Gasteiger partial charge on any atom is -0.303 e. The van der Waals surface area contributed by atoms with Gasteiger partial charge in [0.05, 0.1) is 0 Å². The van der Waals surface area contributed by atoms with E-state index in [-0.39, 0.29) is 0 Å². The number of thiol groups is 1. The molecule has 1 aliphatic heterocycles. The molecule has 72 valence electrons. The fourth-order valence-electron chi connectivity index (χ4n) is 1.82. The van der Waals surface area contributed by atoms with E-state index in [9.17, 15) is 0 Å². The zero-order chi connectivity index (χ0) is 8.81. The van der Waals surface area contributed by atoms with Gasteiger partial charge in [0.15, 0.2) is 0 Å². The van der Waals surface area contributed by atoms with Crippen LogP contribution in [0.1, 0.15) is 39.0 Å². The van der Waals surface area contributed by atoms with Crippen molar-refractivity contribution in [3.05, 3.63) is 0 Å². The molecule has 2 heteroatoms. The number of nitrogens with zero attached hydrogens (tertiary/aromatic N) is 1. The van der Waals surface area contributed by atoms with Crippen LogP contribution in [0.3, 0.4) is 0 Å². The second kappa shape index (κ2) is 5.87. The van der Waals surface area contributed by atoms with Gasteiger partial charge in [0.2, 0.25) is 0 Å². The summed E-state index contributed by atoms with van der Waals surface area (Å²) in [4.78, 5) is 2.57. The summed E-state index contributed by atoms with van der Waals surface area (Å²) in [6, 6.07) is 0. The highest BCUT2D eigenvalue weighted by molar-refractivity contribution is 7.80. The Labute approximate surface area is 81.9 Å². The van der Waals surface area contributed by atoms with Gasteiger partial charge in [-0.3, -0.25) is 0 Å². The van der Waals surface area contributed by atoms with Gasteiger partial charge >= 0.3 is 0 Å². The Hall–Kier alpha value is 0.310. The lowest BCUT2D eigenvalue weighted by Gasteiger charge is -2.16. The molecule has 1 nitrogen and oxygen atoms in total. The van der Waals surface area contributed by atoms with Gasteiger partial charge < -0.3 is 4.90 Å². The van der Waals surface area contributed by atoms with E-state index in [2.05, 4.69) is 24.5 Å². The third kappa shape index (κ3) is 3.81. The monoisotopic (exact) mass is 187 g/mol. The van der Waals surface area contributed by atoms with Gasteiger partial charge in [-0.15, -0.1) is 0 Å². The highest BCUT2D eigenvalue weighted by atomic mass is 32.1. The topological polar surface area (TPSA) is 3.24 Å². The van der Waals surface area contributed by atoms with Crippen LogP contribution < -0.4 is 0 Å². The molecule has 0 aromatic carbocycles. The van der Waals surface area contributed by atoms with Crippen molar-refractivity contribution in [1.82, 2.24) is 4.90 Å². The first-order valence-corrected chi connectivity index (χ1v) is 5.75. The van der Waals surface area contributed by atoms with Gasteiger partial charge in [0, 0.05) is 5.25 Å². The van der Waals surface area contributed by atoms with Gasteiger partial charge in [-0.1, -0.05) is 13.3 Å². The SMILES string of the molecule is CCCC(S)CCN1CCCC1. The minimum atomic E-state index is 0.635. The number of hydrogen-bond donors (Lipinski definition) is 1. The van der Waals surface area contributed by atoms with E-state index >= 15 is 0 Å². The quantitative estimate of drug-likeness (QED) is 0.647. The van der Waals surface area contributed by atoms with Crippen LogP contribution in [0, 0.1) is 0 Å². The standard InChI is InChI=1S/C10H21NS/c1-2-5-10(12)6-9-11-7-3-4-8-11/h10,12H,2-9H2,1H3. The van der Waals surface area contributed by atoms with Crippen molar-refractivity contribution in [2.24, 2.45) is 0 Å². The van der Waals surface area contributed by atoms with Crippen LogP contribution >= 0.6 is 12.6 Å². The molecule has 1 heterocycles. The summed E-state index contributed by atoms with van der Waals surface area (Å²) in [5, 5.41) is 0.635. The van der Waals surface area contributed by atoms with Crippen LogP contribution in [-0.2, 0) is 0 Å². The largest absolute Gasteiger partial charge is 0.303 e. The summed E-state index contributed by atoms with van der Waals surface area (Å²) in [6.45, 7) is 6.16. The molecule has 0 aliphatic carbocycles. The second-order valence-corrected chi connectivity index (χ2v) is 4.51. The summed E-state index contributed by atoms with van der Waals surface area (Å²) < 4.78 is 0. The summed E-state index contributed by atoms with van der Waals surface area (Å²) in [6.07, 6.45) is 6.64. The molecule has 1 saturated heterocycles. The predicted molar refractivity (Wildman–Crippen MR) is 58.0 cm³/mol. The minimum absolute atomic E-state index is 0.635. The molecule has 1 aliphatic rings. The van der Waals surface area contributed by atoms with Crippen LogP contribution in [0.4, 0.5) is 0 Å². The average Bonchev–Trinajstić information content (AvgIpc) is 2.53. The summed E-state index contributed by atoms with van der Waals surface area (Å²) >= 11 is 4.56. The van der Waals surface area contributed by atoms with Gasteiger partial charge in [-0.2, -0.15) is 12.6 Å². The van der Waals surface area contributed by atoms with Crippen molar-refractivity contribution in [1.29, 1.82) is 0 Å². The first-order chi connectivity index (χ1) is 5.83. The van der Waals surface area contributed by atoms with Gasteiger partial charge in [0.25, 0.3) is 0 Å². The molecule has 0 bridgehead atoms. The maximum atomic E-state index is 4.56. The molecule has 1 atom stereocenters. The fraction of sp³-hybridized carbons (Fsp3) is 1.00. The molecule has 0 spiro atoms. The van der Waals surface area contributed by atoms with Crippen LogP contribution in [0.5, 0.6) is 0 Å². The van der Waals surface area contributed by atoms with Crippen molar-refractivity contribution in [2.45, 2.75) is 44.3 Å². The zero-order valence-electron chi connectivity index (χ0n) is 8.13. The summed E-state index contributed by atoms with van der Waals surface area (Å²) in [5.41, 5.74) is 0. The van der Waals surface area contributed by atoms with Gasteiger partial charge in [-0.05, 0) is 45.3 Å². The van der Waals surface area contributed by atoms with E-state index < -0.39 is 0 Å². The normalized spacial score (nSPS) is 21.5. The summed E-state index contributed by atoms with van der Waals surface area (Å²) in [5.74, 6) is 0. The highest BCUT2D eigenvalue weighted by Crippen LogP contribution is 2.13. The van der Waals surface area contributed by atoms with Crippen molar-refractivity contribution in [2.75, 3.05) is 19.6 Å². The lowest BCUT2D eigenvalue weighted by Crippen LogP contribution is -2.22. The lowest BCUT2D eigenvalue weighted by molar-refractivity contribution is 0.331. The van der Waals surface area contributed by atoms with E-state index in [0.29, 0.717) is 5.25 Å². The molecule has 12 heavy (non-hydrogen) atoms. The molecule has 0 amide bonds. The first kappa shape index (κ1) is 10.4. The lowest BCUT2D eigenvalue weighted by atomic mass is 10.2. The van der Waals surface area contributed by atoms with Gasteiger partial charge in [0.1, 0.15) is 0 Å². The van der Waals surface area contributed by atoms with Crippen LogP contribution in [0.15, 0.2) is 0 Å². The summed E-state index contributed by atoms with van der Waals surface area (Å²) in [7, 11) is 0. The molecule has 0 N–H and O–H groups in total. The highest BCUT2D eigenvalue weighted by Gasteiger charge is 2.12. The fourth-order valence-corrected chi connectivity index (χ4v) is 2.19. The number of rotatable bonds is 5. The van der Waals surface area contributed by atoms with Crippen molar-refractivity contribution in [3.8, 4) is 0 Å². The predicted octanol–water partition coefficient (Wildman–Crippen LogP) is 2.57. The zero-order valence-corrected chi connectivity index (χ0v) is 9.02. The molecule has 1 unspecified atom stereocenters. The Morgan fingerprint density at radius 2 is 1.92 bits per heavy atom. The molecular weight excluding hydrogens is 166 g/mol. The van der Waals surface area contributed by atoms with Crippen LogP contribution in [-0.4, -0.2) is 29.8 Å². The van der Waals surface area contributed by atoms with Crippen molar-refractivity contribution >= 4 is 12.6 Å². The van der Waals surface area contributed by atoms with E-state index in [1.54, 1.807) is 0 Å². The molecule has 1 rings (SSSR count). The average molecular weight is 187 g/mol. The molecule has 1 fully saturated rings. The Kier molecular flexibility index (Phi) is 5.08. The molecular formula is C10H21NS. The molecule has 0 saturated carbocycles. The Morgan fingerprint density at radius 1 is 1.25 bits per heavy atom. The Bertz CT molecular complexity index is 110. The number of hydrogen-bond acceptors (Lipinski definition) is 2. The van der Waals surface area contributed by atoms with E-state index in [4.69, 9.17) is 0 Å². The van der Waals surface area contributed by atoms with E-state index in [0.717, 1.165) is 0 Å². The third-order valence-corrected chi connectivity index (χ3v) is 3.12. The third-order valence-electron chi connectivity index (χ3n) is 2.60. The van der Waals surface area contributed by atoms with Crippen molar-refractivity contribution in [3.63, 3.8) is 0 Å². The van der Waals surface area contributed by atoms with Crippen LogP contribution in [0.25, 0.3) is 0 Å². The smallest absolute Gasteiger partial charge is 0.00288 e. The molecule has 0 aromatic heterocycles. The van der Waals surface area contributed by atoms with Crippen LogP contribution in [0.2, 0.25) is 0 Å². The Morgan fingerprint density at radius 3 is 2.50 bits per heavy atom. The second-order valence-electron chi connectivity index (χ2n) is 3.78. The maximum absolute atomic E-state index is 4.56. The van der Waals surface area contributed by atoms with Crippen molar-refractivity contribution < 1.29 is 0 Å². The molecule has 0 radical (unpaired) electrons. The molecule has 0 aromatic rings. The first-order valence-electron chi connectivity index (χ1n) is 5.23. The van der Waals surface area contributed by atoms with Gasteiger partial charge in [-0.25, -0.2) is 0 Å². The maximum Gasteiger partial charge on any atom is 0.00288 e. The number of likely N-dealkylation sites (tertiary alicyclic amines) is 1.